The van der Waals surface area contributed by atoms with Crippen molar-refractivity contribution in [3.05, 3.63) is 0 Å². The number of sulfonamides is 1. The van der Waals surface area contributed by atoms with Crippen LogP contribution in [0.1, 0.15) is 25.7 Å². The molecule has 6 heteroatoms. The van der Waals surface area contributed by atoms with Crippen LogP contribution in [0, 0.1) is 0 Å². The predicted octanol–water partition coefficient (Wildman–Crippen LogP) is 0.428. The van der Waals surface area contributed by atoms with E-state index >= 15 is 0 Å². The summed E-state index contributed by atoms with van der Waals surface area (Å²) >= 11 is 0. The largest absolute Gasteiger partial charge is 0.383 e. The second-order valence-electron chi connectivity index (χ2n) is 4.37. The van der Waals surface area contributed by atoms with Crippen molar-refractivity contribution in [2.45, 2.75) is 25.7 Å². The molecule has 0 spiro atoms. The lowest BCUT2D eigenvalue weighted by molar-refractivity contribution is 0.199. The van der Waals surface area contributed by atoms with Crippen LogP contribution in [0.4, 0.5) is 0 Å². The van der Waals surface area contributed by atoms with Gasteiger partial charge in [-0.05, 0) is 25.8 Å². The number of nitrogens with one attached hydrogen (secondary N) is 1. The van der Waals surface area contributed by atoms with Crippen LogP contribution in [0.15, 0.2) is 0 Å². The Kier molecular flexibility index (Phi) is 7.03. The van der Waals surface area contributed by atoms with Crippen molar-refractivity contribution < 1.29 is 13.2 Å². The van der Waals surface area contributed by atoms with Crippen LogP contribution in [0.5, 0.6) is 0 Å². The molecule has 1 aliphatic rings. The molecule has 0 aliphatic carbocycles. The molecule has 17 heavy (non-hydrogen) atoms. The van der Waals surface area contributed by atoms with E-state index in [0.717, 1.165) is 32.4 Å². The van der Waals surface area contributed by atoms with E-state index in [4.69, 9.17) is 4.74 Å². The second kappa shape index (κ2) is 8.02. The zero-order chi connectivity index (χ0) is 12.6. The minimum Gasteiger partial charge on any atom is -0.383 e. The maximum atomic E-state index is 11.9. The molecular weight excluding hydrogens is 240 g/mol. The molecule has 1 fully saturated rings. The minimum atomic E-state index is -3.01. The Morgan fingerprint density at radius 2 is 1.88 bits per heavy atom. The summed E-state index contributed by atoms with van der Waals surface area (Å²) in [5.41, 5.74) is 0. The zero-order valence-electron chi connectivity index (χ0n) is 10.7. The molecule has 0 amide bonds. The van der Waals surface area contributed by atoms with Crippen molar-refractivity contribution >= 4 is 10.0 Å². The molecule has 1 aliphatic heterocycles. The van der Waals surface area contributed by atoms with E-state index in [1.165, 1.54) is 0 Å². The first-order valence-corrected chi connectivity index (χ1v) is 7.95. The maximum Gasteiger partial charge on any atom is 0.214 e. The van der Waals surface area contributed by atoms with Crippen LogP contribution in [-0.4, -0.2) is 58.4 Å². The van der Waals surface area contributed by atoms with Gasteiger partial charge in [-0.3, -0.25) is 0 Å². The highest BCUT2D eigenvalue weighted by Gasteiger charge is 2.22. The SMILES string of the molecule is COCCNCCCS(=O)(=O)N1CCCCC1. The maximum absolute atomic E-state index is 11.9. The molecule has 1 N–H and O–H groups in total. The van der Waals surface area contributed by atoms with Gasteiger partial charge in [-0.25, -0.2) is 12.7 Å². The molecule has 1 rings (SSSR count). The molecule has 102 valence electrons. The Balaban J connectivity index is 2.15. The number of piperidine rings is 1. The van der Waals surface area contributed by atoms with Gasteiger partial charge in [-0.15, -0.1) is 0 Å². The van der Waals surface area contributed by atoms with Gasteiger partial charge in [0.05, 0.1) is 12.4 Å². The van der Waals surface area contributed by atoms with Crippen molar-refractivity contribution in [2.24, 2.45) is 0 Å². The van der Waals surface area contributed by atoms with E-state index in [0.29, 0.717) is 26.1 Å². The summed E-state index contributed by atoms with van der Waals surface area (Å²) in [6.07, 6.45) is 3.84. The highest BCUT2D eigenvalue weighted by Crippen LogP contribution is 2.13. The molecule has 0 atom stereocenters. The minimum absolute atomic E-state index is 0.257. The van der Waals surface area contributed by atoms with Gasteiger partial charge in [0, 0.05) is 26.7 Å². The topological polar surface area (TPSA) is 58.6 Å². The fourth-order valence-corrected chi connectivity index (χ4v) is 3.53. The average molecular weight is 264 g/mol. The first-order chi connectivity index (χ1) is 8.17. The number of rotatable bonds is 8. The lowest BCUT2D eigenvalue weighted by Gasteiger charge is -2.25. The third kappa shape index (κ3) is 5.81. The van der Waals surface area contributed by atoms with Gasteiger partial charge in [-0.1, -0.05) is 6.42 Å². The van der Waals surface area contributed by atoms with Crippen LogP contribution < -0.4 is 5.32 Å². The van der Waals surface area contributed by atoms with Gasteiger partial charge >= 0.3 is 0 Å². The Hall–Kier alpha value is -0.170. The molecule has 1 saturated heterocycles. The molecule has 1 heterocycles. The van der Waals surface area contributed by atoms with Crippen LogP contribution in [0.25, 0.3) is 0 Å². The number of hydrogen-bond acceptors (Lipinski definition) is 4. The molecular formula is C11H24N2O3S. The quantitative estimate of drug-likeness (QED) is 0.646. The van der Waals surface area contributed by atoms with Gasteiger partial charge in [-0.2, -0.15) is 0 Å². The van der Waals surface area contributed by atoms with Crippen molar-refractivity contribution in [1.29, 1.82) is 0 Å². The molecule has 5 nitrogen and oxygen atoms in total. The van der Waals surface area contributed by atoms with Crippen LogP contribution >= 0.6 is 0 Å². The van der Waals surface area contributed by atoms with Gasteiger partial charge in [0.15, 0.2) is 0 Å². The summed E-state index contributed by atoms with van der Waals surface area (Å²) in [7, 11) is -1.36. The van der Waals surface area contributed by atoms with Gasteiger partial charge < -0.3 is 10.1 Å². The van der Waals surface area contributed by atoms with E-state index in [9.17, 15) is 8.42 Å². The summed E-state index contributed by atoms with van der Waals surface area (Å²) in [6, 6.07) is 0. The first kappa shape index (κ1) is 14.9. The Labute approximate surface area is 105 Å². The Bertz CT molecular complexity index is 287. The standard InChI is InChI=1S/C11H24N2O3S/c1-16-10-7-12-6-5-11-17(14,15)13-8-3-2-4-9-13/h12H,2-11H2,1H3. The highest BCUT2D eigenvalue weighted by molar-refractivity contribution is 7.89. The van der Waals surface area contributed by atoms with Crippen molar-refractivity contribution in [3.63, 3.8) is 0 Å². The van der Waals surface area contributed by atoms with E-state index in [2.05, 4.69) is 5.32 Å². The lowest BCUT2D eigenvalue weighted by Crippen LogP contribution is -2.37. The molecule has 0 saturated carbocycles. The molecule has 0 aromatic rings. The lowest BCUT2D eigenvalue weighted by atomic mass is 10.2. The van der Waals surface area contributed by atoms with Crippen molar-refractivity contribution in [2.75, 3.05) is 45.6 Å². The van der Waals surface area contributed by atoms with E-state index in [1.54, 1.807) is 11.4 Å². The van der Waals surface area contributed by atoms with Crippen LogP contribution in [0.3, 0.4) is 0 Å². The fraction of sp³-hybridized carbons (Fsp3) is 1.00. The number of hydrogen-bond donors (Lipinski definition) is 1. The van der Waals surface area contributed by atoms with E-state index < -0.39 is 10.0 Å². The Morgan fingerprint density at radius 1 is 1.18 bits per heavy atom. The van der Waals surface area contributed by atoms with E-state index in [1.807, 2.05) is 0 Å². The third-order valence-electron chi connectivity index (χ3n) is 2.95. The monoisotopic (exact) mass is 264 g/mol. The normalized spacial score (nSPS) is 18.4. The predicted molar refractivity (Wildman–Crippen MR) is 68.6 cm³/mol. The van der Waals surface area contributed by atoms with Crippen molar-refractivity contribution in [1.82, 2.24) is 9.62 Å². The molecule has 0 bridgehead atoms. The summed E-state index contributed by atoms with van der Waals surface area (Å²) in [6.45, 7) is 3.59. The van der Waals surface area contributed by atoms with Gasteiger partial charge in [0.1, 0.15) is 0 Å². The smallest absolute Gasteiger partial charge is 0.214 e. The van der Waals surface area contributed by atoms with Gasteiger partial charge in [0.2, 0.25) is 10.0 Å². The van der Waals surface area contributed by atoms with Crippen molar-refractivity contribution in [3.8, 4) is 0 Å². The number of methoxy groups -OCH3 is 1. The zero-order valence-corrected chi connectivity index (χ0v) is 11.5. The fourth-order valence-electron chi connectivity index (χ4n) is 1.95. The average Bonchev–Trinajstić information content (AvgIpc) is 2.35. The summed E-state index contributed by atoms with van der Waals surface area (Å²) in [5.74, 6) is 0.257. The molecule has 0 aromatic heterocycles. The number of ether oxygens (including phenoxy) is 1. The third-order valence-corrected chi connectivity index (χ3v) is 4.90. The summed E-state index contributed by atoms with van der Waals surface area (Å²) in [5, 5.41) is 3.15. The van der Waals surface area contributed by atoms with Crippen LogP contribution in [-0.2, 0) is 14.8 Å². The molecule has 0 aromatic carbocycles. The second-order valence-corrected chi connectivity index (χ2v) is 6.46. The highest BCUT2D eigenvalue weighted by atomic mass is 32.2. The summed E-state index contributed by atoms with van der Waals surface area (Å²) < 4.78 is 30.4. The van der Waals surface area contributed by atoms with E-state index in [-0.39, 0.29) is 5.75 Å². The molecule has 0 unspecified atom stereocenters. The number of nitrogens with zero attached hydrogens (tertiary/aromatic N) is 1. The van der Waals surface area contributed by atoms with Crippen LogP contribution in [0.2, 0.25) is 0 Å². The summed E-state index contributed by atoms with van der Waals surface area (Å²) in [4.78, 5) is 0. The first-order valence-electron chi connectivity index (χ1n) is 6.34. The molecule has 0 radical (unpaired) electrons. The Morgan fingerprint density at radius 3 is 2.53 bits per heavy atom. The van der Waals surface area contributed by atoms with Gasteiger partial charge in [0.25, 0.3) is 0 Å².